The van der Waals surface area contributed by atoms with Gasteiger partial charge in [-0.25, -0.2) is 13.1 Å². The lowest BCUT2D eigenvalue weighted by molar-refractivity contribution is -0.384. The van der Waals surface area contributed by atoms with E-state index in [1.165, 1.54) is 0 Å². The minimum absolute atomic E-state index is 0.180. The quantitative estimate of drug-likeness (QED) is 0.519. The highest BCUT2D eigenvalue weighted by atomic mass is 35.5. The molecule has 0 saturated heterocycles. The molecule has 2 atom stereocenters. The summed E-state index contributed by atoms with van der Waals surface area (Å²) in [5.41, 5.74) is -0.259. The molecule has 1 aromatic rings. The van der Waals surface area contributed by atoms with Crippen molar-refractivity contribution in [2.45, 2.75) is 35.6 Å². The van der Waals surface area contributed by atoms with Gasteiger partial charge in [0, 0.05) is 23.6 Å². The summed E-state index contributed by atoms with van der Waals surface area (Å²) in [6, 6.07) is 2.91. The van der Waals surface area contributed by atoms with Crippen LogP contribution in [0.15, 0.2) is 23.1 Å². The van der Waals surface area contributed by atoms with Crippen molar-refractivity contribution in [3.05, 3.63) is 33.3 Å². The van der Waals surface area contributed by atoms with Gasteiger partial charge in [0.25, 0.3) is 5.69 Å². The van der Waals surface area contributed by atoms with Crippen molar-refractivity contribution in [3.8, 4) is 0 Å². The Hall–Kier alpha value is -0.890. The van der Waals surface area contributed by atoms with E-state index in [2.05, 4.69) is 4.72 Å². The van der Waals surface area contributed by atoms with Crippen molar-refractivity contribution in [2.24, 2.45) is 0 Å². The first kappa shape index (κ1) is 15.5. The molecule has 2 unspecified atom stereocenters. The Bertz CT molecular complexity index is 635. The average Bonchev–Trinajstić information content (AvgIpc) is 2.73. The number of benzene rings is 1. The van der Waals surface area contributed by atoms with Crippen molar-refractivity contribution in [1.82, 2.24) is 4.72 Å². The lowest BCUT2D eigenvalue weighted by Gasteiger charge is -2.16. The second-order valence-corrected chi connectivity index (χ2v) is 7.20. The highest BCUT2D eigenvalue weighted by molar-refractivity contribution is 7.89. The van der Waals surface area contributed by atoms with Crippen LogP contribution in [0.25, 0.3) is 0 Å². The van der Waals surface area contributed by atoms with Crippen LogP contribution in [0.4, 0.5) is 5.69 Å². The second kappa shape index (κ2) is 5.85. The number of alkyl halides is 1. The van der Waals surface area contributed by atoms with Gasteiger partial charge in [-0.2, -0.15) is 0 Å². The predicted octanol–water partition coefficient (Wildman–Crippen LogP) is 2.69. The van der Waals surface area contributed by atoms with E-state index in [0.717, 1.165) is 31.0 Å². The smallest absolute Gasteiger partial charge is 0.258 e. The van der Waals surface area contributed by atoms with Gasteiger partial charge in [0.2, 0.25) is 10.0 Å². The molecular weight excluding hydrogens is 327 g/mol. The first-order valence-electron chi connectivity index (χ1n) is 5.91. The molecule has 0 amide bonds. The normalized spacial score (nSPS) is 22.9. The molecule has 0 radical (unpaired) electrons. The molecule has 2 rings (SSSR count). The van der Waals surface area contributed by atoms with E-state index in [9.17, 15) is 18.5 Å². The molecule has 1 fully saturated rings. The van der Waals surface area contributed by atoms with E-state index in [0.29, 0.717) is 6.42 Å². The number of nitro groups is 1. The van der Waals surface area contributed by atoms with E-state index >= 15 is 0 Å². The fraction of sp³-hybridized carbons (Fsp3) is 0.455. The molecule has 1 aliphatic rings. The number of halogens is 2. The Morgan fingerprint density at radius 2 is 2.05 bits per heavy atom. The lowest BCUT2D eigenvalue weighted by atomic mass is 10.3. The summed E-state index contributed by atoms with van der Waals surface area (Å²) < 4.78 is 26.9. The van der Waals surface area contributed by atoms with Crippen LogP contribution in [0.3, 0.4) is 0 Å². The molecule has 0 heterocycles. The number of non-ortho nitro benzene ring substituents is 1. The molecule has 9 heteroatoms. The Labute approximate surface area is 126 Å². The SMILES string of the molecule is O=[N+]([O-])c1ccc(S(=O)(=O)NC2CCCC2Cl)c(Cl)c1. The molecule has 110 valence electrons. The summed E-state index contributed by atoms with van der Waals surface area (Å²) in [5.74, 6) is 0. The van der Waals surface area contributed by atoms with Crippen LogP contribution in [-0.4, -0.2) is 24.8 Å². The van der Waals surface area contributed by atoms with Gasteiger partial charge in [0.05, 0.1) is 9.95 Å². The Morgan fingerprint density at radius 3 is 2.55 bits per heavy atom. The summed E-state index contributed by atoms with van der Waals surface area (Å²) in [6.07, 6.45) is 2.27. The molecule has 1 N–H and O–H groups in total. The zero-order chi connectivity index (χ0) is 14.9. The van der Waals surface area contributed by atoms with Crippen molar-refractivity contribution >= 4 is 38.9 Å². The van der Waals surface area contributed by atoms with Crippen LogP contribution < -0.4 is 4.72 Å². The Morgan fingerprint density at radius 1 is 1.35 bits per heavy atom. The van der Waals surface area contributed by atoms with Gasteiger partial charge in [0.15, 0.2) is 0 Å². The largest absolute Gasteiger partial charge is 0.271 e. The van der Waals surface area contributed by atoms with Gasteiger partial charge in [-0.15, -0.1) is 11.6 Å². The minimum Gasteiger partial charge on any atom is -0.258 e. The molecule has 0 bridgehead atoms. The maximum absolute atomic E-state index is 12.2. The molecule has 1 saturated carbocycles. The standard InChI is InChI=1S/C11H12Cl2N2O4S/c12-8-2-1-3-10(8)14-20(18,19)11-5-4-7(15(16)17)6-9(11)13/h4-6,8,10,14H,1-3H2. The topological polar surface area (TPSA) is 89.3 Å². The van der Waals surface area contributed by atoms with Gasteiger partial charge < -0.3 is 0 Å². The molecule has 0 spiro atoms. The first-order chi connectivity index (χ1) is 9.31. The van der Waals surface area contributed by atoms with E-state index in [1.807, 2.05) is 0 Å². The van der Waals surface area contributed by atoms with Crippen molar-refractivity contribution in [2.75, 3.05) is 0 Å². The monoisotopic (exact) mass is 338 g/mol. The van der Waals surface area contributed by atoms with Crippen LogP contribution >= 0.6 is 23.2 Å². The molecule has 1 aliphatic carbocycles. The van der Waals surface area contributed by atoms with E-state index in [4.69, 9.17) is 23.2 Å². The zero-order valence-corrected chi connectivity index (χ0v) is 12.6. The number of nitrogens with one attached hydrogen (secondary N) is 1. The summed E-state index contributed by atoms with van der Waals surface area (Å²) in [6.45, 7) is 0. The zero-order valence-electron chi connectivity index (χ0n) is 10.3. The maximum Gasteiger partial charge on any atom is 0.271 e. The third-order valence-corrected chi connectivity index (χ3v) is 5.65. The van der Waals surface area contributed by atoms with Crippen molar-refractivity contribution < 1.29 is 13.3 Å². The third kappa shape index (κ3) is 3.22. The van der Waals surface area contributed by atoms with Crippen molar-refractivity contribution in [1.29, 1.82) is 0 Å². The summed E-state index contributed by atoms with van der Waals surface area (Å²) in [4.78, 5) is 9.78. The molecule has 1 aromatic carbocycles. The van der Waals surface area contributed by atoms with Crippen molar-refractivity contribution in [3.63, 3.8) is 0 Å². The number of hydrogen-bond acceptors (Lipinski definition) is 4. The highest BCUT2D eigenvalue weighted by Gasteiger charge is 2.31. The number of hydrogen-bond donors (Lipinski definition) is 1. The second-order valence-electron chi connectivity index (χ2n) is 4.55. The Balaban J connectivity index is 2.27. The summed E-state index contributed by atoms with van der Waals surface area (Å²) >= 11 is 11.9. The maximum atomic E-state index is 12.2. The lowest BCUT2D eigenvalue weighted by Crippen LogP contribution is -2.37. The van der Waals surface area contributed by atoms with Crippen LogP contribution in [0.1, 0.15) is 19.3 Å². The van der Waals surface area contributed by atoms with Gasteiger partial charge in [0.1, 0.15) is 4.90 Å². The molecule has 0 aromatic heterocycles. The number of rotatable bonds is 4. The van der Waals surface area contributed by atoms with Gasteiger partial charge in [-0.3, -0.25) is 10.1 Å². The van der Waals surface area contributed by atoms with Gasteiger partial charge >= 0.3 is 0 Å². The van der Waals surface area contributed by atoms with E-state index in [1.54, 1.807) is 0 Å². The summed E-state index contributed by atoms with van der Waals surface area (Å²) in [5, 5.41) is 10.2. The van der Waals surface area contributed by atoms with Crippen LogP contribution in [0.5, 0.6) is 0 Å². The predicted molar refractivity (Wildman–Crippen MR) is 75.7 cm³/mol. The summed E-state index contributed by atoms with van der Waals surface area (Å²) in [7, 11) is -3.84. The number of nitro benzene ring substituents is 1. The fourth-order valence-corrected chi connectivity index (χ4v) is 4.40. The average molecular weight is 339 g/mol. The minimum atomic E-state index is -3.84. The Kier molecular flexibility index (Phi) is 4.53. The van der Waals surface area contributed by atoms with Crippen LogP contribution in [0.2, 0.25) is 5.02 Å². The van der Waals surface area contributed by atoms with E-state index < -0.39 is 14.9 Å². The van der Waals surface area contributed by atoms with E-state index in [-0.39, 0.29) is 27.0 Å². The molecular formula is C11H12Cl2N2O4S. The van der Waals surface area contributed by atoms with Crippen LogP contribution in [-0.2, 0) is 10.0 Å². The number of sulfonamides is 1. The molecule has 6 nitrogen and oxygen atoms in total. The highest BCUT2D eigenvalue weighted by Crippen LogP contribution is 2.29. The van der Waals surface area contributed by atoms with Gasteiger partial charge in [-0.05, 0) is 18.9 Å². The third-order valence-electron chi connectivity index (χ3n) is 3.15. The van der Waals surface area contributed by atoms with Gasteiger partial charge in [-0.1, -0.05) is 18.0 Å². The number of nitrogens with zero attached hydrogens (tertiary/aromatic N) is 1. The van der Waals surface area contributed by atoms with Crippen LogP contribution in [0, 0.1) is 10.1 Å². The molecule has 20 heavy (non-hydrogen) atoms. The fourth-order valence-electron chi connectivity index (χ4n) is 2.13. The first-order valence-corrected chi connectivity index (χ1v) is 8.21. The molecule has 0 aliphatic heterocycles.